The molecule has 0 heterocycles. The summed E-state index contributed by atoms with van der Waals surface area (Å²) in [6.07, 6.45) is 4.27. The monoisotopic (exact) mass is 338 g/mol. The van der Waals surface area contributed by atoms with Crippen LogP contribution in [0.3, 0.4) is 0 Å². The summed E-state index contributed by atoms with van der Waals surface area (Å²) in [5.74, 6) is 0.767. The van der Waals surface area contributed by atoms with E-state index in [1.54, 1.807) is 12.2 Å². The van der Waals surface area contributed by atoms with Crippen LogP contribution in [0.2, 0.25) is 0 Å². The summed E-state index contributed by atoms with van der Waals surface area (Å²) in [5, 5.41) is 2.91. The molecular formula is C21H26N2O2. The summed E-state index contributed by atoms with van der Waals surface area (Å²) in [6, 6.07) is 17.9. The summed E-state index contributed by atoms with van der Waals surface area (Å²) in [7, 11) is 2.06. The van der Waals surface area contributed by atoms with Gasteiger partial charge in [-0.1, -0.05) is 30.3 Å². The second-order valence-electron chi connectivity index (χ2n) is 5.74. The molecule has 132 valence electrons. The van der Waals surface area contributed by atoms with Crippen LogP contribution in [-0.2, 0) is 4.79 Å². The lowest BCUT2D eigenvalue weighted by Gasteiger charge is -2.19. The van der Waals surface area contributed by atoms with Crippen LogP contribution in [0.15, 0.2) is 60.7 Å². The van der Waals surface area contributed by atoms with E-state index in [0.717, 1.165) is 24.3 Å². The van der Waals surface area contributed by atoms with Gasteiger partial charge in [-0.2, -0.15) is 0 Å². The molecule has 0 aliphatic rings. The van der Waals surface area contributed by atoms with Crippen LogP contribution in [0.25, 0.3) is 6.08 Å². The summed E-state index contributed by atoms with van der Waals surface area (Å²) in [6.45, 7) is 4.16. The molecule has 0 saturated heterocycles. The molecule has 2 aromatic carbocycles. The smallest absolute Gasteiger partial charge is 0.244 e. The highest BCUT2D eigenvalue weighted by Gasteiger charge is 2.00. The highest BCUT2D eigenvalue weighted by molar-refractivity contribution is 5.91. The van der Waals surface area contributed by atoms with Crippen molar-refractivity contribution in [2.24, 2.45) is 0 Å². The number of carbonyl (C=O) groups excluding carboxylic acids is 1. The predicted octanol–water partition coefficient (Wildman–Crippen LogP) is 3.74. The average molecular weight is 338 g/mol. The Balaban J connectivity index is 1.68. The zero-order valence-electron chi connectivity index (χ0n) is 14.9. The second kappa shape index (κ2) is 10.2. The first-order valence-electron chi connectivity index (χ1n) is 8.64. The van der Waals surface area contributed by atoms with Crippen LogP contribution >= 0.6 is 0 Å². The van der Waals surface area contributed by atoms with Gasteiger partial charge in [0.05, 0.1) is 6.61 Å². The van der Waals surface area contributed by atoms with Crippen LogP contribution < -0.4 is 15.0 Å². The van der Waals surface area contributed by atoms with Crippen molar-refractivity contribution in [3.05, 3.63) is 66.2 Å². The van der Waals surface area contributed by atoms with Gasteiger partial charge in [-0.15, -0.1) is 0 Å². The van der Waals surface area contributed by atoms with Gasteiger partial charge in [-0.25, -0.2) is 0 Å². The number of para-hydroxylation sites is 1. The quantitative estimate of drug-likeness (QED) is 0.559. The molecule has 1 N–H and O–H groups in total. The first-order chi connectivity index (χ1) is 12.2. The van der Waals surface area contributed by atoms with E-state index in [1.165, 1.54) is 5.69 Å². The number of rotatable bonds is 9. The van der Waals surface area contributed by atoms with E-state index in [9.17, 15) is 4.79 Å². The van der Waals surface area contributed by atoms with Gasteiger partial charge in [0.25, 0.3) is 0 Å². The largest absolute Gasteiger partial charge is 0.494 e. The van der Waals surface area contributed by atoms with Crippen LogP contribution in [0.4, 0.5) is 5.69 Å². The van der Waals surface area contributed by atoms with Gasteiger partial charge in [0.15, 0.2) is 0 Å². The summed E-state index contributed by atoms with van der Waals surface area (Å²) < 4.78 is 5.40. The molecule has 2 rings (SSSR count). The predicted molar refractivity (Wildman–Crippen MR) is 104 cm³/mol. The molecule has 25 heavy (non-hydrogen) atoms. The Kier molecular flexibility index (Phi) is 7.57. The topological polar surface area (TPSA) is 41.6 Å². The molecule has 2 aromatic rings. The number of anilines is 1. The molecule has 0 aliphatic heterocycles. The molecule has 0 bridgehead atoms. The van der Waals surface area contributed by atoms with Crippen molar-refractivity contribution in [2.45, 2.75) is 13.3 Å². The summed E-state index contributed by atoms with van der Waals surface area (Å²) >= 11 is 0. The lowest BCUT2D eigenvalue weighted by atomic mass is 10.2. The van der Waals surface area contributed by atoms with Gasteiger partial charge in [0.1, 0.15) is 5.75 Å². The molecule has 0 atom stereocenters. The average Bonchev–Trinajstić information content (AvgIpc) is 2.65. The molecule has 4 heteroatoms. The third-order valence-corrected chi connectivity index (χ3v) is 3.78. The van der Waals surface area contributed by atoms with Crippen LogP contribution in [0.1, 0.15) is 18.9 Å². The van der Waals surface area contributed by atoms with Crippen LogP contribution in [0.5, 0.6) is 5.75 Å². The van der Waals surface area contributed by atoms with E-state index in [-0.39, 0.29) is 5.91 Å². The number of nitrogens with zero attached hydrogens (tertiary/aromatic N) is 1. The summed E-state index contributed by atoms with van der Waals surface area (Å²) in [5.41, 5.74) is 2.16. The number of amides is 1. The second-order valence-corrected chi connectivity index (χ2v) is 5.74. The van der Waals surface area contributed by atoms with Crippen molar-refractivity contribution in [1.29, 1.82) is 0 Å². The zero-order valence-corrected chi connectivity index (χ0v) is 14.9. The van der Waals surface area contributed by atoms with Crippen molar-refractivity contribution in [2.75, 3.05) is 31.6 Å². The molecule has 1 amide bonds. The molecule has 0 fully saturated rings. The number of ether oxygens (including phenoxy) is 1. The molecular weight excluding hydrogens is 312 g/mol. The molecule has 0 radical (unpaired) electrons. The minimum atomic E-state index is -0.0729. The Labute approximate surface area is 150 Å². The Morgan fingerprint density at radius 2 is 1.84 bits per heavy atom. The number of benzene rings is 2. The van der Waals surface area contributed by atoms with Crippen molar-refractivity contribution >= 4 is 17.7 Å². The fraction of sp³-hybridized carbons (Fsp3) is 0.286. The maximum absolute atomic E-state index is 11.9. The Morgan fingerprint density at radius 3 is 2.52 bits per heavy atom. The van der Waals surface area contributed by atoms with E-state index in [4.69, 9.17) is 4.74 Å². The molecule has 0 aromatic heterocycles. The maximum atomic E-state index is 11.9. The van der Waals surface area contributed by atoms with Gasteiger partial charge >= 0.3 is 0 Å². The molecule has 0 unspecified atom stereocenters. The van der Waals surface area contributed by atoms with E-state index < -0.39 is 0 Å². The molecule has 4 nitrogen and oxygen atoms in total. The lowest BCUT2D eigenvalue weighted by molar-refractivity contribution is -0.116. The van der Waals surface area contributed by atoms with Gasteiger partial charge in [0, 0.05) is 31.9 Å². The summed E-state index contributed by atoms with van der Waals surface area (Å²) in [4.78, 5) is 14.0. The third kappa shape index (κ3) is 6.71. The van der Waals surface area contributed by atoms with E-state index in [2.05, 4.69) is 29.4 Å². The Hall–Kier alpha value is -2.75. The van der Waals surface area contributed by atoms with Crippen molar-refractivity contribution in [3.63, 3.8) is 0 Å². The molecule has 0 spiro atoms. The van der Waals surface area contributed by atoms with E-state index in [1.807, 2.05) is 49.4 Å². The number of hydrogen-bond donors (Lipinski definition) is 1. The minimum absolute atomic E-state index is 0.0729. The Morgan fingerprint density at radius 1 is 1.12 bits per heavy atom. The Bertz CT molecular complexity index is 666. The first kappa shape index (κ1) is 18.6. The van der Waals surface area contributed by atoms with Crippen molar-refractivity contribution in [1.82, 2.24) is 5.32 Å². The lowest BCUT2D eigenvalue weighted by Crippen LogP contribution is -2.26. The fourth-order valence-corrected chi connectivity index (χ4v) is 2.41. The standard InChI is InChI=1S/C21H26N2O2/c1-3-25-20-13-10-18(11-14-20)12-15-21(24)22-16-7-17-23(2)19-8-5-4-6-9-19/h4-6,8-15H,3,7,16-17H2,1-2H3,(H,22,24). The van der Waals surface area contributed by atoms with Gasteiger partial charge < -0.3 is 15.0 Å². The van der Waals surface area contributed by atoms with E-state index >= 15 is 0 Å². The number of nitrogens with one attached hydrogen (secondary N) is 1. The van der Waals surface area contributed by atoms with Crippen molar-refractivity contribution < 1.29 is 9.53 Å². The number of hydrogen-bond acceptors (Lipinski definition) is 3. The highest BCUT2D eigenvalue weighted by atomic mass is 16.5. The number of carbonyl (C=O) groups is 1. The zero-order chi connectivity index (χ0) is 17.9. The van der Waals surface area contributed by atoms with Gasteiger partial charge in [0.2, 0.25) is 5.91 Å². The molecule has 0 aliphatic carbocycles. The maximum Gasteiger partial charge on any atom is 0.244 e. The highest BCUT2D eigenvalue weighted by Crippen LogP contribution is 2.13. The van der Waals surface area contributed by atoms with Crippen LogP contribution in [-0.4, -0.2) is 32.7 Å². The SMILES string of the molecule is CCOc1ccc(C=CC(=O)NCCCN(C)c2ccccc2)cc1. The first-order valence-corrected chi connectivity index (χ1v) is 8.64. The minimum Gasteiger partial charge on any atom is -0.494 e. The van der Waals surface area contributed by atoms with Crippen LogP contribution in [0, 0.1) is 0 Å². The third-order valence-electron chi connectivity index (χ3n) is 3.78. The van der Waals surface area contributed by atoms with Gasteiger partial charge in [-0.05, 0) is 49.2 Å². The van der Waals surface area contributed by atoms with Crippen molar-refractivity contribution in [3.8, 4) is 5.75 Å². The van der Waals surface area contributed by atoms with E-state index in [0.29, 0.717) is 13.2 Å². The normalized spacial score (nSPS) is 10.6. The molecule has 0 saturated carbocycles. The van der Waals surface area contributed by atoms with Gasteiger partial charge in [-0.3, -0.25) is 4.79 Å². The fourth-order valence-electron chi connectivity index (χ4n) is 2.41.